The van der Waals surface area contributed by atoms with Crippen LogP contribution in [0.1, 0.15) is 59.8 Å². The Labute approximate surface area is 120 Å². The van der Waals surface area contributed by atoms with Crippen LogP contribution in [0.4, 0.5) is 4.79 Å². The number of carboxylic acid groups (broad SMARTS) is 1. The van der Waals surface area contributed by atoms with Gasteiger partial charge in [0.1, 0.15) is 0 Å². The van der Waals surface area contributed by atoms with E-state index in [9.17, 15) is 14.4 Å². The van der Waals surface area contributed by atoms with Crippen molar-refractivity contribution < 1.29 is 19.5 Å². The summed E-state index contributed by atoms with van der Waals surface area (Å²) in [6.45, 7) is 7.64. The molecule has 0 bridgehead atoms. The first kappa shape index (κ1) is 18.4. The van der Waals surface area contributed by atoms with E-state index in [0.29, 0.717) is 0 Å². The monoisotopic (exact) mass is 286 g/mol. The second-order valence-electron chi connectivity index (χ2n) is 5.25. The van der Waals surface area contributed by atoms with Gasteiger partial charge in [0, 0.05) is 18.4 Å². The van der Waals surface area contributed by atoms with E-state index in [4.69, 9.17) is 5.11 Å². The first-order valence-corrected chi connectivity index (χ1v) is 7.12. The fraction of sp³-hybridized carbons (Fsp3) is 0.786. The highest BCUT2D eigenvalue weighted by atomic mass is 16.4. The van der Waals surface area contributed by atoms with E-state index in [-0.39, 0.29) is 24.3 Å². The molecule has 0 heterocycles. The third-order valence-electron chi connectivity index (χ3n) is 3.72. The van der Waals surface area contributed by atoms with Crippen molar-refractivity contribution in [1.29, 1.82) is 0 Å². The first-order valence-electron chi connectivity index (χ1n) is 7.12. The molecule has 0 aromatic carbocycles. The molecule has 3 N–H and O–H groups in total. The van der Waals surface area contributed by atoms with Crippen LogP contribution in [0.2, 0.25) is 0 Å². The highest BCUT2D eigenvalue weighted by Crippen LogP contribution is 2.18. The van der Waals surface area contributed by atoms with Gasteiger partial charge in [-0.1, -0.05) is 27.7 Å². The normalized spacial score (nSPS) is 12.6. The standard InChI is InChI=1S/C14H26N2O4/c1-5-14(6-2,7-3)16-13(20)15-11(17)8-10(4)9-12(18)19/h10H,5-9H2,1-4H3,(H,18,19)(H2,15,16,17,20). The van der Waals surface area contributed by atoms with Crippen LogP contribution in [0, 0.1) is 5.92 Å². The number of imide groups is 1. The highest BCUT2D eigenvalue weighted by molar-refractivity contribution is 5.94. The molecule has 0 aromatic heterocycles. The van der Waals surface area contributed by atoms with Gasteiger partial charge in [0.2, 0.25) is 5.91 Å². The van der Waals surface area contributed by atoms with Crippen molar-refractivity contribution in [2.45, 2.75) is 65.3 Å². The van der Waals surface area contributed by atoms with Crippen molar-refractivity contribution in [2.24, 2.45) is 5.92 Å². The van der Waals surface area contributed by atoms with Gasteiger partial charge in [-0.25, -0.2) is 4.79 Å². The summed E-state index contributed by atoms with van der Waals surface area (Å²) < 4.78 is 0. The van der Waals surface area contributed by atoms with Crippen molar-refractivity contribution in [3.8, 4) is 0 Å². The van der Waals surface area contributed by atoms with Crippen LogP contribution >= 0.6 is 0 Å². The average Bonchev–Trinajstić information content (AvgIpc) is 2.34. The lowest BCUT2D eigenvalue weighted by Gasteiger charge is -2.31. The molecule has 1 atom stereocenters. The van der Waals surface area contributed by atoms with E-state index in [0.717, 1.165) is 19.3 Å². The van der Waals surface area contributed by atoms with E-state index in [2.05, 4.69) is 10.6 Å². The Morgan fingerprint density at radius 2 is 1.55 bits per heavy atom. The molecule has 116 valence electrons. The summed E-state index contributed by atoms with van der Waals surface area (Å²) in [5, 5.41) is 13.7. The van der Waals surface area contributed by atoms with Gasteiger partial charge >= 0.3 is 12.0 Å². The Morgan fingerprint density at radius 3 is 1.95 bits per heavy atom. The van der Waals surface area contributed by atoms with Crippen LogP contribution in [-0.2, 0) is 9.59 Å². The van der Waals surface area contributed by atoms with E-state index < -0.39 is 17.9 Å². The molecule has 0 spiro atoms. The third kappa shape index (κ3) is 6.54. The number of amides is 3. The summed E-state index contributed by atoms with van der Waals surface area (Å²) in [6.07, 6.45) is 2.31. The number of carboxylic acids is 1. The Kier molecular flexibility index (Phi) is 7.87. The lowest BCUT2D eigenvalue weighted by molar-refractivity contribution is -0.138. The molecule has 0 rings (SSSR count). The quantitative estimate of drug-likeness (QED) is 0.638. The van der Waals surface area contributed by atoms with E-state index in [1.807, 2.05) is 20.8 Å². The number of hydrogen-bond donors (Lipinski definition) is 3. The van der Waals surface area contributed by atoms with Crippen LogP contribution in [0.25, 0.3) is 0 Å². The second-order valence-corrected chi connectivity index (χ2v) is 5.25. The summed E-state index contributed by atoms with van der Waals surface area (Å²) in [4.78, 5) is 33.9. The number of urea groups is 1. The van der Waals surface area contributed by atoms with Gasteiger partial charge in [-0.2, -0.15) is 0 Å². The molecular formula is C14H26N2O4. The van der Waals surface area contributed by atoms with Gasteiger partial charge in [0.05, 0.1) is 0 Å². The predicted molar refractivity (Wildman–Crippen MR) is 76.3 cm³/mol. The minimum absolute atomic E-state index is 0.0249. The molecule has 0 aliphatic rings. The van der Waals surface area contributed by atoms with Gasteiger partial charge in [-0.3, -0.25) is 14.9 Å². The lowest BCUT2D eigenvalue weighted by atomic mass is 9.90. The largest absolute Gasteiger partial charge is 0.481 e. The zero-order valence-corrected chi connectivity index (χ0v) is 12.8. The lowest BCUT2D eigenvalue weighted by Crippen LogP contribution is -2.52. The van der Waals surface area contributed by atoms with Crippen molar-refractivity contribution in [1.82, 2.24) is 10.6 Å². The minimum Gasteiger partial charge on any atom is -0.481 e. The molecule has 3 amide bonds. The number of nitrogens with one attached hydrogen (secondary N) is 2. The van der Waals surface area contributed by atoms with Gasteiger partial charge < -0.3 is 10.4 Å². The topological polar surface area (TPSA) is 95.5 Å². The summed E-state index contributed by atoms with van der Waals surface area (Å²) in [6, 6.07) is -0.511. The van der Waals surface area contributed by atoms with Gasteiger partial charge in [0.25, 0.3) is 0 Å². The van der Waals surface area contributed by atoms with Gasteiger partial charge in [0.15, 0.2) is 0 Å². The molecule has 1 unspecified atom stereocenters. The third-order valence-corrected chi connectivity index (χ3v) is 3.72. The molecule has 0 saturated carbocycles. The maximum Gasteiger partial charge on any atom is 0.321 e. The molecular weight excluding hydrogens is 260 g/mol. The van der Waals surface area contributed by atoms with Crippen LogP contribution < -0.4 is 10.6 Å². The maximum absolute atomic E-state index is 11.8. The number of carbonyl (C=O) groups excluding carboxylic acids is 2. The molecule has 6 nitrogen and oxygen atoms in total. The summed E-state index contributed by atoms with van der Waals surface area (Å²) in [5.74, 6) is -1.70. The van der Waals surface area contributed by atoms with Crippen molar-refractivity contribution >= 4 is 17.9 Å². The zero-order chi connectivity index (χ0) is 15.8. The van der Waals surface area contributed by atoms with E-state index in [1.165, 1.54) is 0 Å². The average molecular weight is 286 g/mol. The van der Waals surface area contributed by atoms with Crippen molar-refractivity contribution in [3.05, 3.63) is 0 Å². The second kappa shape index (κ2) is 8.55. The van der Waals surface area contributed by atoms with Crippen LogP contribution in [0.15, 0.2) is 0 Å². The molecule has 0 aliphatic carbocycles. The summed E-state index contributed by atoms with van der Waals surface area (Å²) in [5.41, 5.74) is -0.295. The summed E-state index contributed by atoms with van der Waals surface area (Å²) in [7, 11) is 0. The Hall–Kier alpha value is -1.59. The molecule has 0 fully saturated rings. The van der Waals surface area contributed by atoms with Gasteiger partial charge in [-0.15, -0.1) is 0 Å². The van der Waals surface area contributed by atoms with Crippen molar-refractivity contribution in [2.75, 3.05) is 0 Å². The molecule has 0 aromatic rings. The fourth-order valence-corrected chi connectivity index (χ4v) is 2.15. The molecule has 20 heavy (non-hydrogen) atoms. The molecule has 0 aliphatic heterocycles. The minimum atomic E-state index is -0.947. The summed E-state index contributed by atoms with van der Waals surface area (Å²) >= 11 is 0. The van der Waals surface area contributed by atoms with Crippen molar-refractivity contribution in [3.63, 3.8) is 0 Å². The van der Waals surface area contributed by atoms with Crippen LogP contribution in [0.5, 0.6) is 0 Å². The Balaban J connectivity index is 4.32. The molecule has 6 heteroatoms. The van der Waals surface area contributed by atoms with Gasteiger partial charge in [-0.05, 0) is 25.2 Å². The predicted octanol–water partition coefficient (Wildman–Crippen LogP) is 2.28. The van der Waals surface area contributed by atoms with E-state index in [1.54, 1.807) is 6.92 Å². The van der Waals surface area contributed by atoms with Crippen LogP contribution in [0.3, 0.4) is 0 Å². The smallest absolute Gasteiger partial charge is 0.321 e. The number of rotatable bonds is 8. The maximum atomic E-state index is 11.8. The Morgan fingerprint density at radius 1 is 1.05 bits per heavy atom. The van der Waals surface area contributed by atoms with E-state index >= 15 is 0 Å². The Bertz CT molecular complexity index is 343. The number of hydrogen-bond acceptors (Lipinski definition) is 3. The SMILES string of the molecule is CCC(CC)(CC)NC(=O)NC(=O)CC(C)CC(=O)O. The first-order chi connectivity index (χ1) is 9.28. The fourth-order valence-electron chi connectivity index (χ4n) is 2.15. The van der Waals surface area contributed by atoms with Crippen LogP contribution in [-0.4, -0.2) is 28.6 Å². The molecule has 0 saturated heterocycles. The molecule has 0 radical (unpaired) electrons. The number of carbonyl (C=O) groups is 3. The zero-order valence-electron chi connectivity index (χ0n) is 12.8. The number of aliphatic carboxylic acids is 1. The highest BCUT2D eigenvalue weighted by Gasteiger charge is 2.26.